The third kappa shape index (κ3) is 5.38. The summed E-state index contributed by atoms with van der Waals surface area (Å²) < 4.78 is 0. The molecule has 0 aliphatic heterocycles. The van der Waals surface area contributed by atoms with Gasteiger partial charge in [0.2, 0.25) is 0 Å². The fourth-order valence-corrected chi connectivity index (χ4v) is 2.24. The quantitative estimate of drug-likeness (QED) is 0.330. The van der Waals surface area contributed by atoms with Crippen molar-refractivity contribution in [2.45, 2.75) is 19.6 Å². The molecule has 0 saturated carbocycles. The Morgan fingerprint density at radius 1 is 1.44 bits per heavy atom. The largest absolute Gasteiger partial charge is 0.317 e. The Bertz CT molecular complexity index is 120. The van der Waals surface area contributed by atoms with Crippen LogP contribution in [-0.4, -0.2) is 26.2 Å². The van der Waals surface area contributed by atoms with Crippen molar-refractivity contribution in [3.05, 3.63) is 0 Å². The van der Waals surface area contributed by atoms with E-state index in [1.54, 1.807) is 4.90 Å². The van der Waals surface area contributed by atoms with Crippen LogP contribution in [0.4, 0.5) is 0 Å². The maximum absolute atomic E-state index is 8.40. The second kappa shape index (κ2) is 2.88. The van der Waals surface area contributed by atoms with E-state index in [9.17, 15) is 0 Å². The first-order chi connectivity index (χ1) is 3.95. The van der Waals surface area contributed by atoms with Gasteiger partial charge < -0.3 is 4.90 Å². The highest BCUT2D eigenvalue weighted by Crippen LogP contribution is 2.00. The Kier molecular flexibility index (Phi) is 2.72. The standard InChI is InChI=1S/C6H14N2Si/c1-8(5-7)6-9(2,3)4/h6H2,1-4H3. The van der Waals surface area contributed by atoms with Crippen LogP contribution in [0.5, 0.6) is 0 Å². The minimum Gasteiger partial charge on any atom is -0.317 e. The molecule has 2 nitrogen and oxygen atoms in total. The fraction of sp³-hybridized carbons (Fsp3) is 0.833. The van der Waals surface area contributed by atoms with Crippen LogP contribution in [0, 0.1) is 11.5 Å². The van der Waals surface area contributed by atoms with Gasteiger partial charge in [-0.3, -0.25) is 0 Å². The summed E-state index contributed by atoms with van der Waals surface area (Å²) in [5.74, 6) is 0. The summed E-state index contributed by atoms with van der Waals surface area (Å²) >= 11 is 0. The summed E-state index contributed by atoms with van der Waals surface area (Å²) in [4.78, 5) is 1.70. The molecule has 0 bridgehead atoms. The van der Waals surface area contributed by atoms with Gasteiger partial charge in [0.1, 0.15) is 0 Å². The lowest BCUT2D eigenvalue weighted by Crippen LogP contribution is -2.35. The van der Waals surface area contributed by atoms with Crippen molar-refractivity contribution >= 4 is 8.07 Å². The van der Waals surface area contributed by atoms with Crippen molar-refractivity contribution in [2.24, 2.45) is 0 Å². The van der Waals surface area contributed by atoms with E-state index in [2.05, 4.69) is 25.8 Å². The van der Waals surface area contributed by atoms with Crippen molar-refractivity contribution in [2.75, 3.05) is 13.2 Å². The van der Waals surface area contributed by atoms with Crippen LogP contribution in [0.3, 0.4) is 0 Å². The predicted octanol–water partition coefficient (Wildman–Crippen LogP) is 1.28. The van der Waals surface area contributed by atoms with Crippen molar-refractivity contribution in [3.8, 4) is 6.19 Å². The van der Waals surface area contributed by atoms with E-state index < -0.39 is 8.07 Å². The van der Waals surface area contributed by atoms with Crippen molar-refractivity contribution in [1.29, 1.82) is 5.26 Å². The Balaban J connectivity index is 3.63. The predicted molar refractivity (Wildman–Crippen MR) is 41.6 cm³/mol. The van der Waals surface area contributed by atoms with Gasteiger partial charge in [-0.1, -0.05) is 19.6 Å². The van der Waals surface area contributed by atoms with Crippen LogP contribution in [0.15, 0.2) is 0 Å². The van der Waals surface area contributed by atoms with E-state index in [0.29, 0.717) is 0 Å². The second-order valence-electron chi connectivity index (χ2n) is 3.52. The molecule has 0 spiro atoms. The molecule has 9 heavy (non-hydrogen) atoms. The van der Waals surface area contributed by atoms with Crippen molar-refractivity contribution < 1.29 is 0 Å². The van der Waals surface area contributed by atoms with E-state index in [0.717, 1.165) is 6.17 Å². The molecular weight excluding hydrogens is 128 g/mol. The van der Waals surface area contributed by atoms with Gasteiger partial charge in [0.05, 0.1) is 8.07 Å². The summed E-state index contributed by atoms with van der Waals surface area (Å²) in [6, 6.07) is 0. The first kappa shape index (κ1) is 8.51. The molecule has 0 N–H and O–H groups in total. The highest BCUT2D eigenvalue weighted by Gasteiger charge is 2.14. The summed E-state index contributed by atoms with van der Waals surface area (Å²) in [7, 11) is 0.794. The summed E-state index contributed by atoms with van der Waals surface area (Å²) in [6.45, 7) is 6.75. The average molecular weight is 142 g/mol. The zero-order valence-electron chi connectivity index (χ0n) is 6.60. The molecule has 0 radical (unpaired) electrons. The molecule has 0 fully saturated rings. The van der Waals surface area contributed by atoms with Gasteiger partial charge in [-0.25, -0.2) is 0 Å². The van der Waals surface area contributed by atoms with Gasteiger partial charge in [-0.2, -0.15) is 5.26 Å². The van der Waals surface area contributed by atoms with Crippen LogP contribution >= 0.6 is 0 Å². The van der Waals surface area contributed by atoms with Crippen LogP contribution in [0.25, 0.3) is 0 Å². The Morgan fingerprint density at radius 2 is 1.89 bits per heavy atom. The molecule has 0 aliphatic rings. The number of hydrogen-bond donors (Lipinski definition) is 0. The molecule has 3 heteroatoms. The van der Waals surface area contributed by atoms with E-state index >= 15 is 0 Å². The number of nitriles is 1. The molecule has 0 heterocycles. The monoisotopic (exact) mass is 142 g/mol. The number of nitrogens with zero attached hydrogens (tertiary/aromatic N) is 2. The van der Waals surface area contributed by atoms with E-state index in [-0.39, 0.29) is 0 Å². The molecule has 0 aromatic heterocycles. The van der Waals surface area contributed by atoms with Gasteiger partial charge in [-0.15, -0.1) is 0 Å². The molecule has 0 rings (SSSR count). The SMILES string of the molecule is CN(C#N)C[Si](C)(C)C. The smallest absolute Gasteiger partial charge is 0.178 e. The molecule has 0 aliphatic carbocycles. The maximum Gasteiger partial charge on any atom is 0.178 e. The third-order valence-corrected chi connectivity index (χ3v) is 2.31. The first-order valence-corrected chi connectivity index (χ1v) is 6.77. The summed E-state index contributed by atoms with van der Waals surface area (Å²) in [5.41, 5.74) is 0. The lowest BCUT2D eigenvalue weighted by molar-refractivity contribution is 0.546. The molecule has 0 saturated heterocycles. The molecule has 0 unspecified atom stereocenters. The minimum absolute atomic E-state index is 0.962. The van der Waals surface area contributed by atoms with Crippen molar-refractivity contribution in [3.63, 3.8) is 0 Å². The Morgan fingerprint density at radius 3 is 2.00 bits per heavy atom. The van der Waals surface area contributed by atoms with Gasteiger partial charge >= 0.3 is 0 Å². The van der Waals surface area contributed by atoms with Crippen LogP contribution in [-0.2, 0) is 0 Å². The van der Waals surface area contributed by atoms with E-state index in [4.69, 9.17) is 5.26 Å². The van der Waals surface area contributed by atoms with Crippen molar-refractivity contribution in [1.82, 2.24) is 4.90 Å². The lowest BCUT2D eigenvalue weighted by atomic mass is 11.0. The summed E-state index contributed by atoms with van der Waals surface area (Å²) in [6.07, 6.45) is 3.05. The fourth-order valence-electron chi connectivity index (χ4n) is 0.747. The zero-order valence-corrected chi connectivity index (χ0v) is 7.60. The minimum atomic E-state index is -1.04. The zero-order chi connectivity index (χ0) is 7.49. The molecule has 0 aromatic rings. The van der Waals surface area contributed by atoms with Gasteiger partial charge in [0, 0.05) is 13.2 Å². The second-order valence-corrected chi connectivity index (χ2v) is 8.95. The van der Waals surface area contributed by atoms with E-state index in [1.807, 2.05) is 7.05 Å². The van der Waals surface area contributed by atoms with Crippen LogP contribution < -0.4 is 0 Å². The molecule has 0 aromatic carbocycles. The third-order valence-electron chi connectivity index (χ3n) is 0.882. The number of rotatable bonds is 2. The molecule has 52 valence electrons. The average Bonchev–Trinajstić information content (AvgIpc) is 1.62. The Labute approximate surface area is 58.1 Å². The molecular formula is C6H14N2Si. The maximum atomic E-state index is 8.40. The van der Waals surface area contributed by atoms with Gasteiger partial charge in [-0.05, 0) is 0 Å². The molecule has 0 amide bonds. The van der Waals surface area contributed by atoms with Crippen LogP contribution in [0.2, 0.25) is 19.6 Å². The number of hydrogen-bond acceptors (Lipinski definition) is 2. The Hall–Kier alpha value is -0.493. The highest BCUT2D eigenvalue weighted by molar-refractivity contribution is 6.76. The van der Waals surface area contributed by atoms with Gasteiger partial charge in [0.25, 0.3) is 0 Å². The molecule has 0 atom stereocenters. The van der Waals surface area contributed by atoms with Crippen LogP contribution in [0.1, 0.15) is 0 Å². The lowest BCUT2D eigenvalue weighted by Gasteiger charge is -2.19. The topological polar surface area (TPSA) is 27.0 Å². The summed E-state index contributed by atoms with van der Waals surface area (Å²) in [5, 5.41) is 8.40. The normalized spacial score (nSPS) is 10.6. The van der Waals surface area contributed by atoms with E-state index in [1.165, 1.54) is 0 Å². The first-order valence-electron chi connectivity index (χ1n) is 3.06. The van der Waals surface area contributed by atoms with Gasteiger partial charge in [0.15, 0.2) is 6.19 Å². The highest BCUT2D eigenvalue weighted by atomic mass is 28.3.